The molecule has 0 fully saturated rings. The van der Waals surface area contributed by atoms with Gasteiger partial charge in [-0.25, -0.2) is 5.57 Å². The average Bonchev–Trinajstić information content (AvgIpc) is 2.93. The van der Waals surface area contributed by atoms with Gasteiger partial charge in [0.05, 0.1) is 0 Å². The van der Waals surface area contributed by atoms with Crippen molar-refractivity contribution in [3.05, 3.63) is 84.1 Å². The van der Waals surface area contributed by atoms with Crippen LogP contribution in [0.5, 0.6) is 0 Å². The van der Waals surface area contributed by atoms with Crippen LogP contribution in [0.1, 0.15) is 72.1 Å². The second-order valence-corrected chi connectivity index (χ2v) is 6.81. The summed E-state index contributed by atoms with van der Waals surface area (Å²) < 4.78 is 0. The molecule has 26 heavy (non-hydrogen) atoms. The minimum Gasteiger partial charge on any atom is -0.358 e. The van der Waals surface area contributed by atoms with Crippen molar-refractivity contribution >= 4 is 5.57 Å². The zero-order valence-electron chi connectivity index (χ0n) is 18.3. The number of benzene rings is 1. The normalized spacial score (nSPS) is 14.0. The molecule has 0 heterocycles. The summed E-state index contributed by atoms with van der Waals surface area (Å²) in [6.45, 7) is 15.5. The summed E-state index contributed by atoms with van der Waals surface area (Å²) in [6.07, 6.45) is 5.90. The topological polar surface area (TPSA) is 0 Å². The number of hydrogen-bond donors (Lipinski definition) is 0. The summed E-state index contributed by atoms with van der Waals surface area (Å²) in [5.41, 5.74) is 11.7. The van der Waals surface area contributed by atoms with Crippen LogP contribution in [0.25, 0.3) is 5.57 Å². The van der Waals surface area contributed by atoms with E-state index in [4.69, 9.17) is 0 Å². The number of hydrogen-bond acceptors (Lipinski definition) is 0. The van der Waals surface area contributed by atoms with E-state index in [1.807, 2.05) is 0 Å². The molecular weight excluding hydrogens is 479 g/mol. The fourth-order valence-corrected chi connectivity index (χ4v) is 3.62. The minimum absolute atomic E-state index is 0. The Hall–Kier alpha value is -0.820. The Morgan fingerprint density at radius 1 is 0.923 bits per heavy atom. The second-order valence-electron chi connectivity index (χ2n) is 6.81. The van der Waals surface area contributed by atoms with E-state index in [1.54, 1.807) is 5.56 Å². The van der Waals surface area contributed by atoms with Crippen molar-refractivity contribution in [2.45, 2.75) is 67.2 Å². The van der Waals surface area contributed by atoms with Crippen LogP contribution in [0.4, 0.5) is 0 Å². The maximum absolute atomic E-state index is 3.40. The molecule has 3 rings (SSSR count). The monoisotopic (exact) mass is 516 g/mol. The predicted molar refractivity (Wildman–Crippen MR) is 115 cm³/mol. The smallest absolute Gasteiger partial charge is 0.358 e. The minimum atomic E-state index is 0. The molecule has 0 spiro atoms. The van der Waals surface area contributed by atoms with E-state index in [0.29, 0.717) is 5.92 Å². The molecule has 0 saturated heterocycles. The zero-order valence-corrected chi connectivity index (χ0v) is 21.9. The molecule has 1 aliphatic rings. The van der Waals surface area contributed by atoms with Gasteiger partial charge in [-0.3, -0.25) is 6.08 Å². The fourth-order valence-electron chi connectivity index (χ4n) is 3.62. The zero-order chi connectivity index (χ0) is 17.1. The number of allylic oxidation sites excluding steroid dienone is 2. The molecule has 1 unspecified atom stereocenters. The van der Waals surface area contributed by atoms with E-state index in [2.05, 4.69) is 78.8 Å². The van der Waals surface area contributed by atoms with Crippen LogP contribution in [-0.2, 0) is 32.3 Å². The van der Waals surface area contributed by atoms with Gasteiger partial charge in [0.1, 0.15) is 0 Å². The van der Waals surface area contributed by atoms with E-state index in [1.165, 1.54) is 51.8 Å². The molecule has 0 saturated carbocycles. The molecule has 0 radical (unpaired) electrons. The van der Waals surface area contributed by atoms with Crippen LogP contribution in [0.15, 0.2) is 24.3 Å². The molecule has 2 aromatic rings. The third-order valence-electron chi connectivity index (χ3n) is 5.36. The van der Waals surface area contributed by atoms with Gasteiger partial charge in [0.25, 0.3) is 0 Å². The van der Waals surface area contributed by atoms with E-state index in [-0.39, 0.29) is 40.7 Å². The molecule has 0 N–H and O–H groups in total. The van der Waals surface area contributed by atoms with Crippen LogP contribution in [0, 0.1) is 48.6 Å². The van der Waals surface area contributed by atoms with Gasteiger partial charge >= 0.3 is 25.8 Å². The third-order valence-corrected chi connectivity index (χ3v) is 5.36. The molecule has 1 aliphatic carbocycles. The first-order chi connectivity index (χ1) is 10.9. The molecule has 0 aliphatic heterocycles. The molecule has 0 bridgehead atoms. The molecular formula is C25H36Hf. The summed E-state index contributed by atoms with van der Waals surface area (Å²) in [6, 6.07) is 8.53. The molecule has 0 nitrogen and oxygen atoms in total. The molecule has 0 amide bonds. The van der Waals surface area contributed by atoms with Crippen molar-refractivity contribution in [1.82, 2.24) is 0 Å². The Bertz CT molecular complexity index is 690. The van der Waals surface area contributed by atoms with Crippen molar-refractivity contribution in [3.8, 4) is 0 Å². The Morgan fingerprint density at radius 2 is 1.42 bits per heavy atom. The van der Waals surface area contributed by atoms with Gasteiger partial charge in [0, 0.05) is 0 Å². The first-order valence-electron chi connectivity index (χ1n) is 8.79. The van der Waals surface area contributed by atoms with Crippen LogP contribution in [-0.4, -0.2) is 0 Å². The fraction of sp³-hybridized carbons (Fsp3) is 0.400. The van der Waals surface area contributed by atoms with Crippen molar-refractivity contribution in [3.63, 3.8) is 0 Å². The first-order valence-corrected chi connectivity index (χ1v) is 8.79. The molecule has 140 valence electrons. The molecule has 1 atom stereocenters. The van der Waals surface area contributed by atoms with Crippen molar-refractivity contribution in [2.24, 2.45) is 0 Å². The molecule has 0 aromatic heterocycles. The maximum atomic E-state index is 3.40. The largest absolute Gasteiger partial charge is 4.00 e. The summed E-state index contributed by atoms with van der Waals surface area (Å²) in [4.78, 5) is 0. The van der Waals surface area contributed by atoms with E-state index < -0.39 is 0 Å². The van der Waals surface area contributed by atoms with E-state index >= 15 is 0 Å². The van der Waals surface area contributed by atoms with Crippen LogP contribution in [0.2, 0.25) is 0 Å². The standard InChI is InChI=1S/C12H19.C11H11.2CH3.Hf/c1-6-7-12-10(4)8(2)9(3)11(12)5;1-8-7-9(2)11-6-4-3-5-10(8)11;;;/h6-7H2,1-5H3;3-6,8H,1-2H3;2*1H3;/q4*-1;+4. The van der Waals surface area contributed by atoms with Gasteiger partial charge in [-0.05, 0) is 0 Å². The van der Waals surface area contributed by atoms with Gasteiger partial charge in [-0.2, -0.15) is 33.4 Å². The Kier molecular flexibility index (Phi) is 12.4. The SMILES string of the molecule is CC1=[C-]C(C)c2ccccc21.CCC[c-]1c(C)c(C)c(C)c1C.[CH3-].[CH3-].[Hf+4]. The Balaban J connectivity index is 0. The van der Waals surface area contributed by atoms with Crippen LogP contribution < -0.4 is 0 Å². The van der Waals surface area contributed by atoms with Crippen LogP contribution in [0.3, 0.4) is 0 Å². The van der Waals surface area contributed by atoms with Gasteiger partial charge in [-0.1, -0.05) is 85.4 Å². The van der Waals surface area contributed by atoms with Crippen LogP contribution >= 0.6 is 0 Å². The van der Waals surface area contributed by atoms with E-state index in [9.17, 15) is 0 Å². The second kappa shape index (κ2) is 11.8. The quantitative estimate of drug-likeness (QED) is 0.287. The first kappa shape index (κ1) is 27.4. The maximum Gasteiger partial charge on any atom is 4.00 e. The Morgan fingerprint density at radius 3 is 1.88 bits per heavy atom. The Labute approximate surface area is 182 Å². The molecule has 1 heteroatoms. The molecule has 2 aromatic carbocycles. The van der Waals surface area contributed by atoms with Crippen molar-refractivity contribution < 1.29 is 25.8 Å². The van der Waals surface area contributed by atoms with E-state index in [0.717, 1.165) is 0 Å². The van der Waals surface area contributed by atoms with Gasteiger partial charge in [0.2, 0.25) is 0 Å². The summed E-state index contributed by atoms with van der Waals surface area (Å²) in [5, 5.41) is 0. The summed E-state index contributed by atoms with van der Waals surface area (Å²) in [7, 11) is 0. The van der Waals surface area contributed by atoms with Gasteiger partial charge < -0.3 is 14.9 Å². The van der Waals surface area contributed by atoms with Gasteiger partial charge in [0.15, 0.2) is 0 Å². The van der Waals surface area contributed by atoms with Crippen molar-refractivity contribution in [1.29, 1.82) is 0 Å². The average molecular weight is 515 g/mol. The predicted octanol–water partition coefficient (Wildman–Crippen LogP) is 7.50. The summed E-state index contributed by atoms with van der Waals surface area (Å²) >= 11 is 0. The third kappa shape index (κ3) is 5.59. The van der Waals surface area contributed by atoms with Crippen molar-refractivity contribution in [2.75, 3.05) is 0 Å². The number of fused-ring (bicyclic) bond motifs is 1. The number of rotatable bonds is 2. The summed E-state index contributed by atoms with van der Waals surface area (Å²) in [5.74, 6) is 0.492. The van der Waals surface area contributed by atoms with Gasteiger partial charge in [-0.15, -0.1) is 11.6 Å².